The Bertz CT molecular complexity index is 1500. The number of carbonyl (C=O) groups excluding carboxylic acids is 1. The van der Waals surface area contributed by atoms with Crippen molar-refractivity contribution >= 4 is 46.2 Å². The molecule has 7 nitrogen and oxygen atoms in total. The lowest BCUT2D eigenvalue weighted by Crippen LogP contribution is -2.29. The summed E-state index contributed by atoms with van der Waals surface area (Å²) in [5.41, 5.74) is 6.60. The average Bonchev–Trinajstić information content (AvgIpc) is 3.39. The third kappa shape index (κ3) is 4.73. The number of anilines is 2. The van der Waals surface area contributed by atoms with Crippen LogP contribution in [0.1, 0.15) is 41.7 Å². The van der Waals surface area contributed by atoms with Gasteiger partial charge in [-0.2, -0.15) is 0 Å². The van der Waals surface area contributed by atoms with Crippen LogP contribution in [0.5, 0.6) is 5.75 Å². The van der Waals surface area contributed by atoms with Gasteiger partial charge in [0.05, 0.1) is 30.6 Å². The molecule has 0 unspecified atom stereocenters. The molecule has 38 heavy (non-hydrogen) atoms. The summed E-state index contributed by atoms with van der Waals surface area (Å²) in [5, 5.41) is 7.64. The van der Waals surface area contributed by atoms with E-state index in [1.54, 1.807) is 13.3 Å². The van der Waals surface area contributed by atoms with Gasteiger partial charge in [-0.1, -0.05) is 17.7 Å². The fraction of sp³-hybridized carbons (Fsp3) is 0.207. The van der Waals surface area contributed by atoms with Gasteiger partial charge >= 0.3 is 0 Å². The van der Waals surface area contributed by atoms with Crippen LogP contribution in [-0.4, -0.2) is 27.7 Å². The van der Waals surface area contributed by atoms with Crippen LogP contribution in [0.25, 0.3) is 5.69 Å². The molecule has 1 aliphatic rings. The zero-order valence-corrected chi connectivity index (χ0v) is 23.1. The Hall–Kier alpha value is -3.88. The molecule has 4 aromatic rings. The van der Waals surface area contributed by atoms with Gasteiger partial charge in [-0.3, -0.25) is 9.78 Å². The van der Waals surface area contributed by atoms with Crippen molar-refractivity contribution in [1.29, 1.82) is 0 Å². The molecule has 2 atom stereocenters. The Labute approximate surface area is 232 Å². The maximum atomic E-state index is 11.9. The Balaban J connectivity index is 1.67. The first-order valence-electron chi connectivity index (χ1n) is 12.2. The lowest BCUT2D eigenvalue weighted by molar-refractivity contribution is -0.114. The Morgan fingerprint density at radius 1 is 1.08 bits per heavy atom. The molecule has 0 bridgehead atoms. The van der Waals surface area contributed by atoms with Gasteiger partial charge in [-0.05, 0) is 92.3 Å². The molecule has 2 aromatic carbocycles. The molecule has 5 rings (SSSR count). The average molecular weight is 546 g/mol. The van der Waals surface area contributed by atoms with E-state index in [-0.39, 0.29) is 18.0 Å². The van der Waals surface area contributed by atoms with Crippen LogP contribution in [0.3, 0.4) is 0 Å². The maximum Gasteiger partial charge on any atom is 0.221 e. The summed E-state index contributed by atoms with van der Waals surface area (Å²) in [6.45, 7) is 5.68. The molecular weight excluding hydrogens is 518 g/mol. The summed E-state index contributed by atoms with van der Waals surface area (Å²) in [4.78, 5) is 18.7. The van der Waals surface area contributed by atoms with Crippen molar-refractivity contribution in [2.24, 2.45) is 0 Å². The lowest BCUT2D eigenvalue weighted by atomic mass is 9.96. The van der Waals surface area contributed by atoms with Crippen molar-refractivity contribution in [3.8, 4) is 11.4 Å². The molecule has 2 aromatic heterocycles. The van der Waals surface area contributed by atoms with Gasteiger partial charge < -0.3 is 24.8 Å². The van der Waals surface area contributed by atoms with E-state index in [0.717, 1.165) is 34.0 Å². The van der Waals surface area contributed by atoms with E-state index < -0.39 is 0 Å². The van der Waals surface area contributed by atoms with E-state index in [2.05, 4.69) is 45.0 Å². The Kier molecular flexibility index (Phi) is 7.10. The summed E-state index contributed by atoms with van der Waals surface area (Å²) >= 11 is 12.1. The van der Waals surface area contributed by atoms with Crippen molar-refractivity contribution in [2.75, 3.05) is 17.3 Å². The number of ether oxygens (including phenoxy) is 1. The SMILES string of the molecule is COc1ccc(N2C(=S)N[C@H](c3ccccn3)[C@@H]2c2cc(C)n(-c3ccc(Cl)cc3)c2C)cc1NC(C)=O. The highest BCUT2D eigenvalue weighted by molar-refractivity contribution is 7.80. The molecule has 1 aliphatic heterocycles. The molecular formula is C29H28ClN5O2S. The van der Waals surface area contributed by atoms with Gasteiger partial charge in [-0.25, -0.2) is 0 Å². The van der Waals surface area contributed by atoms with E-state index in [0.29, 0.717) is 21.6 Å². The first kappa shape index (κ1) is 25.8. The van der Waals surface area contributed by atoms with Crippen LogP contribution in [0, 0.1) is 13.8 Å². The number of pyridine rings is 1. The first-order valence-corrected chi connectivity index (χ1v) is 13.0. The van der Waals surface area contributed by atoms with Crippen LogP contribution < -0.4 is 20.3 Å². The molecule has 194 valence electrons. The zero-order valence-electron chi connectivity index (χ0n) is 21.5. The topological polar surface area (TPSA) is 71.4 Å². The summed E-state index contributed by atoms with van der Waals surface area (Å²) in [6.07, 6.45) is 1.79. The minimum Gasteiger partial charge on any atom is -0.495 e. The molecule has 9 heteroatoms. The smallest absolute Gasteiger partial charge is 0.221 e. The number of methoxy groups -OCH3 is 1. The monoisotopic (exact) mass is 545 g/mol. The van der Waals surface area contributed by atoms with E-state index in [1.165, 1.54) is 6.92 Å². The quantitative estimate of drug-likeness (QED) is 0.278. The Morgan fingerprint density at radius 2 is 1.82 bits per heavy atom. The number of hydrogen-bond acceptors (Lipinski definition) is 4. The highest BCUT2D eigenvalue weighted by Gasteiger charge is 2.42. The predicted molar refractivity (Wildman–Crippen MR) is 155 cm³/mol. The summed E-state index contributed by atoms with van der Waals surface area (Å²) < 4.78 is 7.70. The predicted octanol–water partition coefficient (Wildman–Crippen LogP) is 6.29. The number of carbonyl (C=O) groups is 1. The van der Waals surface area contributed by atoms with Gasteiger partial charge in [-0.15, -0.1) is 0 Å². The number of thiocarbonyl (C=S) groups is 1. The number of aryl methyl sites for hydroxylation is 1. The second-order valence-corrected chi connectivity index (χ2v) is 10.0. The largest absolute Gasteiger partial charge is 0.495 e. The molecule has 3 heterocycles. The third-order valence-corrected chi connectivity index (χ3v) is 7.31. The van der Waals surface area contributed by atoms with Crippen LogP contribution in [0.2, 0.25) is 5.02 Å². The second kappa shape index (κ2) is 10.5. The van der Waals surface area contributed by atoms with E-state index in [4.69, 9.17) is 28.6 Å². The van der Waals surface area contributed by atoms with E-state index in [1.807, 2.05) is 60.7 Å². The van der Waals surface area contributed by atoms with Crippen molar-refractivity contribution in [3.05, 3.63) is 101 Å². The molecule has 0 aliphatic carbocycles. The number of halogens is 1. The molecule has 2 N–H and O–H groups in total. The zero-order chi connectivity index (χ0) is 27.0. The number of nitrogens with zero attached hydrogens (tertiary/aromatic N) is 3. The van der Waals surface area contributed by atoms with Crippen molar-refractivity contribution < 1.29 is 9.53 Å². The molecule has 1 saturated heterocycles. The van der Waals surface area contributed by atoms with Gasteiger partial charge in [0.1, 0.15) is 5.75 Å². The van der Waals surface area contributed by atoms with Crippen LogP contribution in [0.4, 0.5) is 11.4 Å². The van der Waals surface area contributed by atoms with Gasteiger partial charge in [0, 0.05) is 40.9 Å². The number of aromatic nitrogens is 2. The van der Waals surface area contributed by atoms with Gasteiger partial charge in [0.2, 0.25) is 5.91 Å². The Morgan fingerprint density at radius 3 is 2.47 bits per heavy atom. The lowest BCUT2D eigenvalue weighted by Gasteiger charge is -2.29. The minimum atomic E-state index is -0.205. The number of hydrogen-bond donors (Lipinski definition) is 2. The number of amides is 1. The van der Waals surface area contributed by atoms with Crippen LogP contribution in [0.15, 0.2) is 72.9 Å². The number of benzene rings is 2. The molecule has 0 radical (unpaired) electrons. The number of nitrogens with one attached hydrogen (secondary N) is 2. The first-order chi connectivity index (χ1) is 18.3. The highest BCUT2D eigenvalue weighted by atomic mass is 35.5. The van der Waals surface area contributed by atoms with Crippen molar-refractivity contribution in [2.45, 2.75) is 32.9 Å². The van der Waals surface area contributed by atoms with E-state index >= 15 is 0 Å². The molecule has 1 amide bonds. The molecule has 0 saturated carbocycles. The molecule has 0 spiro atoms. The maximum absolute atomic E-state index is 11.9. The second-order valence-electron chi connectivity index (χ2n) is 9.20. The standard InChI is InChI=1S/C29H28ClN5O2S/c1-17-15-23(18(2)34(17)21-10-8-20(30)9-11-21)28-27(24-7-5-6-14-31-24)33-29(38)35(28)22-12-13-26(37-4)25(16-22)32-19(3)36/h5-16,27-28H,1-4H3,(H,32,36)(H,33,38)/t27-,28+/m1/s1. The minimum absolute atomic E-state index is 0.183. The third-order valence-electron chi connectivity index (χ3n) is 6.74. The molecule has 1 fully saturated rings. The van der Waals surface area contributed by atoms with Gasteiger partial charge in [0.15, 0.2) is 5.11 Å². The summed E-state index contributed by atoms with van der Waals surface area (Å²) in [5.74, 6) is 0.387. The summed E-state index contributed by atoms with van der Waals surface area (Å²) in [7, 11) is 1.58. The normalized spacial score (nSPS) is 16.9. The summed E-state index contributed by atoms with van der Waals surface area (Å²) in [6, 6.07) is 21.2. The van der Waals surface area contributed by atoms with Crippen LogP contribution in [-0.2, 0) is 4.79 Å². The highest BCUT2D eigenvalue weighted by Crippen LogP contribution is 2.45. The van der Waals surface area contributed by atoms with E-state index in [9.17, 15) is 4.79 Å². The van der Waals surface area contributed by atoms with Gasteiger partial charge in [0.25, 0.3) is 0 Å². The van der Waals surface area contributed by atoms with Crippen molar-refractivity contribution in [3.63, 3.8) is 0 Å². The van der Waals surface area contributed by atoms with Crippen molar-refractivity contribution in [1.82, 2.24) is 14.9 Å². The fourth-order valence-electron chi connectivity index (χ4n) is 5.16. The fourth-order valence-corrected chi connectivity index (χ4v) is 5.63. The van der Waals surface area contributed by atoms with Crippen LogP contribution >= 0.6 is 23.8 Å². The number of rotatable bonds is 6.